The normalized spacial score (nSPS) is 11.7. The second-order valence-corrected chi connectivity index (χ2v) is 7.33. The molecule has 1 rings (SSSR count). The molecule has 0 fully saturated rings. The van der Waals surface area contributed by atoms with Crippen LogP contribution >= 0.6 is 0 Å². The molecular weight excluding hydrogens is 282 g/mol. The highest BCUT2D eigenvalue weighted by molar-refractivity contribution is 7.89. The molecule has 0 heterocycles. The van der Waals surface area contributed by atoms with Gasteiger partial charge in [-0.3, -0.25) is 0 Å². The number of aryl methyl sites for hydroxylation is 1. The molecule has 0 saturated heterocycles. The quantitative estimate of drug-likeness (QED) is 0.615. The summed E-state index contributed by atoms with van der Waals surface area (Å²) in [6.07, 6.45) is 12.9. The molecule has 0 spiro atoms. The maximum absolute atomic E-state index is 11.1. The molecule has 0 unspecified atom stereocenters. The number of benzene rings is 1. The Balaban J connectivity index is 2.10. The van der Waals surface area contributed by atoms with Gasteiger partial charge in [0.25, 0.3) is 0 Å². The fourth-order valence-electron chi connectivity index (χ4n) is 2.49. The van der Waals surface area contributed by atoms with Gasteiger partial charge in [0.05, 0.1) is 4.90 Å². The van der Waals surface area contributed by atoms with Crippen molar-refractivity contribution in [1.82, 2.24) is 0 Å². The SMILES string of the molecule is CCCCCCCCCCCc1ccc(S(N)(=O)=O)cc1. The van der Waals surface area contributed by atoms with Crippen molar-refractivity contribution in [1.29, 1.82) is 0 Å². The molecule has 0 aromatic heterocycles. The summed E-state index contributed by atoms with van der Waals surface area (Å²) in [5, 5.41) is 5.08. The van der Waals surface area contributed by atoms with Crippen molar-refractivity contribution >= 4 is 10.0 Å². The summed E-state index contributed by atoms with van der Waals surface area (Å²) in [6, 6.07) is 6.92. The van der Waals surface area contributed by atoms with Crippen molar-refractivity contribution in [3.63, 3.8) is 0 Å². The summed E-state index contributed by atoms with van der Waals surface area (Å²) in [6.45, 7) is 2.25. The summed E-state index contributed by atoms with van der Waals surface area (Å²) in [4.78, 5) is 0.193. The molecule has 1 aromatic carbocycles. The largest absolute Gasteiger partial charge is 0.238 e. The van der Waals surface area contributed by atoms with E-state index < -0.39 is 10.0 Å². The topological polar surface area (TPSA) is 60.2 Å². The minimum atomic E-state index is -3.56. The third-order valence-corrected chi connectivity index (χ3v) is 4.75. The number of primary sulfonamides is 1. The minimum absolute atomic E-state index is 0.193. The Bertz CT molecular complexity index is 480. The van der Waals surface area contributed by atoms with E-state index in [1.807, 2.05) is 12.1 Å². The lowest BCUT2D eigenvalue weighted by atomic mass is 10.0. The minimum Gasteiger partial charge on any atom is -0.225 e. The van der Waals surface area contributed by atoms with E-state index in [-0.39, 0.29) is 4.90 Å². The van der Waals surface area contributed by atoms with Crippen molar-refractivity contribution in [2.24, 2.45) is 5.14 Å². The molecule has 21 heavy (non-hydrogen) atoms. The Kier molecular flexibility index (Phi) is 8.62. The van der Waals surface area contributed by atoms with Crippen LogP contribution in [0.25, 0.3) is 0 Å². The molecule has 2 N–H and O–H groups in total. The van der Waals surface area contributed by atoms with E-state index in [2.05, 4.69) is 6.92 Å². The first kappa shape index (κ1) is 18.2. The van der Waals surface area contributed by atoms with Crippen LogP contribution in [0.2, 0.25) is 0 Å². The van der Waals surface area contributed by atoms with Crippen LogP contribution < -0.4 is 5.14 Å². The van der Waals surface area contributed by atoms with Crippen LogP contribution in [0, 0.1) is 0 Å². The van der Waals surface area contributed by atoms with Gasteiger partial charge in [0.15, 0.2) is 0 Å². The lowest BCUT2D eigenvalue weighted by Gasteiger charge is -2.04. The third kappa shape index (κ3) is 8.22. The number of hydrogen-bond donors (Lipinski definition) is 1. The average Bonchev–Trinajstić information content (AvgIpc) is 2.45. The lowest BCUT2D eigenvalue weighted by Crippen LogP contribution is -2.11. The van der Waals surface area contributed by atoms with Crippen LogP contribution in [-0.2, 0) is 16.4 Å². The van der Waals surface area contributed by atoms with Gasteiger partial charge in [0, 0.05) is 0 Å². The predicted molar refractivity (Wildman–Crippen MR) is 88.7 cm³/mol. The second kappa shape index (κ2) is 9.96. The van der Waals surface area contributed by atoms with Gasteiger partial charge in [-0.2, -0.15) is 0 Å². The zero-order valence-electron chi connectivity index (χ0n) is 13.2. The van der Waals surface area contributed by atoms with Gasteiger partial charge in [-0.1, -0.05) is 70.4 Å². The Hall–Kier alpha value is -0.870. The molecule has 120 valence electrons. The first-order chi connectivity index (χ1) is 10.0. The summed E-state index contributed by atoms with van der Waals surface area (Å²) >= 11 is 0. The van der Waals surface area contributed by atoms with Gasteiger partial charge in [0.2, 0.25) is 10.0 Å². The van der Waals surface area contributed by atoms with Crippen LogP contribution in [0.1, 0.15) is 70.3 Å². The summed E-state index contributed by atoms with van der Waals surface area (Å²) in [7, 11) is -3.56. The molecule has 0 atom stereocenters. The van der Waals surface area contributed by atoms with E-state index >= 15 is 0 Å². The zero-order chi connectivity index (χ0) is 15.6. The molecule has 4 heteroatoms. The van der Waals surface area contributed by atoms with E-state index in [0.29, 0.717) is 0 Å². The van der Waals surface area contributed by atoms with Gasteiger partial charge < -0.3 is 0 Å². The van der Waals surface area contributed by atoms with E-state index in [9.17, 15) is 8.42 Å². The van der Waals surface area contributed by atoms with Gasteiger partial charge in [0.1, 0.15) is 0 Å². The highest BCUT2D eigenvalue weighted by atomic mass is 32.2. The highest BCUT2D eigenvalue weighted by Crippen LogP contribution is 2.13. The highest BCUT2D eigenvalue weighted by Gasteiger charge is 2.06. The van der Waals surface area contributed by atoms with Crippen LogP contribution in [0.5, 0.6) is 0 Å². The van der Waals surface area contributed by atoms with Crippen LogP contribution in [0.3, 0.4) is 0 Å². The van der Waals surface area contributed by atoms with Crippen molar-refractivity contribution in [2.45, 2.75) is 76.0 Å². The van der Waals surface area contributed by atoms with Gasteiger partial charge in [-0.15, -0.1) is 0 Å². The Morgan fingerprint density at radius 3 is 1.76 bits per heavy atom. The number of unbranched alkanes of at least 4 members (excludes halogenated alkanes) is 8. The predicted octanol–water partition coefficient (Wildman–Crippen LogP) is 4.41. The Morgan fingerprint density at radius 2 is 1.29 bits per heavy atom. The fraction of sp³-hybridized carbons (Fsp3) is 0.647. The number of nitrogens with two attached hydrogens (primary N) is 1. The van der Waals surface area contributed by atoms with E-state index in [1.165, 1.54) is 63.4 Å². The van der Waals surface area contributed by atoms with Gasteiger partial charge in [-0.05, 0) is 30.5 Å². The molecule has 0 aliphatic carbocycles. The van der Waals surface area contributed by atoms with E-state index in [0.717, 1.165) is 6.42 Å². The first-order valence-electron chi connectivity index (χ1n) is 8.16. The maximum atomic E-state index is 11.1. The van der Waals surface area contributed by atoms with E-state index in [4.69, 9.17) is 5.14 Å². The van der Waals surface area contributed by atoms with E-state index in [1.54, 1.807) is 12.1 Å². The molecule has 0 aliphatic heterocycles. The average molecular weight is 311 g/mol. The van der Waals surface area contributed by atoms with Gasteiger partial charge >= 0.3 is 0 Å². The van der Waals surface area contributed by atoms with Crippen molar-refractivity contribution in [3.05, 3.63) is 29.8 Å². The van der Waals surface area contributed by atoms with Crippen molar-refractivity contribution in [2.75, 3.05) is 0 Å². The van der Waals surface area contributed by atoms with Gasteiger partial charge in [-0.25, -0.2) is 13.6 Å². The number of rotatable bonds is 11. The molecule has 1 aromatic rings. The smallest absolute Gasteiger partial charge is 0.225 e. The molecule has 0 saturated carbocycles. The maximum Gasteiger partial charge on any atom is 0.238 e. The van der Waals surface area contributed by atoms with Crippen molar-refractivity contribution in [3.8, 4) is 0 Å². The molecule has 0 aliphatic rings. The fourth-order valence-corrected chi connectivity index (χ4v) is 3.00. The van der Waals surface area contributed by atoms with Crippen LogP contribution in [-0.4, -0.2) is 8.42 Å². The first-order valence-corrected chi connectivity index (χ1v) is 9.70. The summed E-state index contributed by atoms with van der Waals surface area (Å²) < 4.78 is 22.3. The molecule has 3 nitrogen and oxygen atoms in total. The lowest BCUT2D eigenvalue weighted by molar-refractivity contribution is 0.565. The second-order valence-electron chi connectivity index (χ2n) is 5.77. The van der Waals surface area contributed by atoms with Crippen LogP contribution in [0.4, 0.5) is 0 Å². The third-order valence-electron chi connectivity index (χ3n) is 3.82. The zero-order valence-corrected chi connectivity index (χ0v) is 14.0. The number of sulfonamides is 1. The van der Waals surface area contributed by atoms with Crippen LogP contribution in [0.15, 0.2) is 29.2 Å². The molecule has 0 bridgehead atoms. The Morgan fingerprint density at radius 1 is 0.810 bits per heavy atom. The monoisotopic (exact) mass is 311 g/mol. The van der Waals surface area contributed by atoms with Crippen molar-refractivity contribution < 1.29 is 8.42 Å². The molecule has 0 radical (unpaired) electrons. The molecular formula is C17H29NO2S. The molecule has 0 amide bonds. The number of hydrogen-bond acceptors (Lipinski definition) is 2. The standard InChI is InChI=1S/C17H29NO2S/c1-2-3-4-5-6-7-8-9-10-11-16-12-14-17(15-13-16)21(18,19)20/h12-15H,2-11H2,1H3,(H2,18,19,20). The summed E-state index contributed by atoms with van der Waals surface area (Å²) in [5.74, 6) is 0. The summed E-state index contributed by atoms with van der Waals surface area (Å²) in [5.41, 5.74) is 1.19. The Labute approximate surface area is 130 Å².